The van der Waals surface area contributed by atoms with E-state index in [0.29, 0.717) is 6.42 Å². The van der Waals surface area contributed by atoms with E-state index in [1.54, 1.807) is 0 Å². The predicted molar refractivity (Wildman–Crippen MR) is 56.1 cm³/mol. The smallest absolute Gasteiger partial charge is 0.278 e. The van der Waals surface area contributed by atoms with Crippen molar-refractivity contribution in [1.82, 2.24) is 9.03 Å². The molecule has 0 aromatic heterocycles. The number of nitrogens with one attached hydrogen (secondary N) is 1. The van der Waals surface area contributed by atoms with Crippen LogP contribution in [0.15, 0.2) is 0 Å². The maximum Gasteiger partial charge on any atom is 0.278 e. The van der Waals surface area contributed by atoms with Gasteiger partial charge in [0.05, 0.1) is 6.10 Å². The Balaban J connectivity index is 3.86. The molecule has 6 heteroatoms. The summed E-state index contributed by atoms with van der Waals surface area (Å²) in [5, 5.41) is 9.41. The summed E-state index contributed by atoms with van der Waals surface area (Å²) in [6, 6.07) is 0. The molecule has 2 N–H and O–H groups in total. The molecular weight excluding hydrogens is 204 g/mol. The van der Waals surface area contributed by atoms with E-state index >= 15 is 0 Å². The Morgan fingerprint density at radius 3 is 2.21 bits per heavy atom. The summed E-state index contributed by atoms with van der Waals surface area (Å²) in [6.45, 7) is 4.05. The summed E-state index contributed by atoms with van der Waals surface area (Å²) in [4.78, 5) is 0. The minimum Gasteiger partial charge on any atom is -0.393 e. The van der Waals surface area contributed by atoms with Crippen LogP contribution < -0.4 is 4.72 Å². The highest BCUT2D eigenvalue weighted by molar-refractivity contribution is 7.87. The van der Waals surface area contributed by atoms with Gasteiger partial charge in [0.15, 0.2) is 0 Å². The molecule has 0 rings (SSSR count). The monoisotopic (exact) mass is 224 g/mol. The fourth-order valence-electron chi connectivity index (χ4n) is 0.798. The van der Waals surface area contributed by atoms with E-state index in [1.165, 1.54) is 14.1 Å². The minimum atomic E-state index is -3.35. The van der Waals surface area contributed by atoms with E-state index in [1.807, 2.05) is 13.8 Å². The lowest BCUT2D eigenvalue weighted by atomic mass is 10.1. The molecule has 0 bridgehead atoms. The van der Waals surface area contributed by atoms with Gasteiger partial charge in [-0.15, -0.1) is 0 Å². The van der Waals surface area contributed by atoms with E-state index in [-0.39, 0.29) is 12.5 Å². The van der Waals surface area contributed by atoms with Gasteiger partial charge in [-0.25, -0.2) is 4.72 Å². The molecule has 0 aliphatic carbocycles. The molecule has 1 unspecified atom stereocenters. The fourth-order valence-corrected chi connectivity index (χ4v) is 1.43. The molecule has 0 aliphatic rings. The summed E-state index contributed by atoms with van der Waals surface area (Å²) in [5.74, 6) is 0.152. The molecule has 0 amide bonds. The second-order valence-electron chi connectivity index (χ2n) is 3.78. The normalized spacial score (nSPS) is 15.1. The zero-order valence-electron chi connectivity index (χ0n) is 9.19. The van der Waals surface area contributed by atoms with Crippen molar-refractivity contribution in [2.24, 2.45) is 5.92 Å². The lowest BCUT2D eigenvalue weighted by molar-refractivity contribution is 0.117. The van der Waals surface area contributed by atoms with Gasteiger partial charge in [-0.05, 0) is 12.3 Å². The highest BCUT2D eigenvalue weighted by Crippen LogP contribution is 2.04. The largest absolute Gasteiger partial charge is 0.393 e. The molecule has 5 nitrogen and oxygen atoms in total. The molecular formula is C8H20N2O3S. The average Bonchev–Trinajstić information content (AvgIpc) is 2.03. The number of aliphatic hydroxyl groups is 1. The lowest BCUT2D eigenvalue weighted by Gasteiger charge is -2.16. The maximum atomic E-state index is 11.2. The molecule has 0 aromatic rings. The summed E-state index contributed by atoms with van der Waals surface area (Å²) in [6.07, 6.45) is -0.0232. The van der Waals surface area contributed by atoms with Crippen molar-refractivity contribution in [3.8, 4) is 0 Å². The number of rotatable bonds is 6. The fraction of sp³-hybridized carbons (Fsp3) is 1.00. The van der Waals surface area contributed by atoms with Crippen molar-refractivity contribution in [3.05, 3.63) is 0 Å². The SMILES string of the molecule is CC(C)C(O)CCNS(=O)(=O)N(C)C. The van der Waals surface area contributed by atoms with E-state index in [2.05, 4.69) is 4.72 Å². The highest BCUT2D eigenvalue weighted by atomic mass is 32.2. The number of aliphatic hydroxyl groups excluding tert-OH is 1. The Morgan fingerprint density at radius 1 is 1.36 bits per heavy atom. The Morgan fingerprint density at radius 2 is 1.86 bits per heavy atom. The summed E-state index contributed by atoms with van der Waals surface area (Å²) in [5.41, 5.74) is 0. The molecule has 0 aliphatic heterocycles. The Bertz CT molecular complexity index is 249. The van der Waals surface area contributed by atoms with Gasteiger partial charge in [0.25, 0.3) is 10.2 Å². The highest BCUT2D eigenvalue weighted by Gasteiger charge is 2.14. The summed E-state index contributed by atoms with van der Waals surface area (Å²) >= 11 is 0. The van der Waals surface area contributed by atoms with Crippen molar-refractivity contribution in [1.29, 1.82) is 0 Å². The van der Waals surface area contributed by atoms with Gasteiger partial charge < -0.3 is 5.11 Å². The third-order valence-corrected chi connectivity index (χ3v) is 3.51. The van der Waals surface area contributed by atoms with Gasteiger partial charge in [-0.3, -0.25) is 0 Å². The van der Waals surface area contributed by atoms with Crippen LogP contribution in [0, 0.1) is 5.92 Å². The van der Waals surface area contributed by atoms with Crippen molar-refractivity contribution < 1.29 is 13.5 Å². The third kappa shape index (κ3) is 4.90. The van der Waals surface area contributed by atoms with Crippen LogP contribution in [0.4, 0.5) is 0 Å². The van der Waals surface area contributed by atoms with Crippen LogP contribution >= 0.6 is 0 Å². The van der Waals surface area contributed by atoms with Crippen LogP contribution in [0.2, 0.25) is 0 Å². The van der Waals surface area contributed by atoms with Gasteiger partial charge in [-0.2, -0.15) is 12.7 Å². The lowest BCUT2D eigenvalue weighted by Crippen LogP contribution is -2.37. The first-order valence-electron chi connectivity index (χ1n) is 4.62. The van der Waals surface area contributed by atoms with Crippen LogP contribution in [0.25, 0.3) is 0 Å². The molecule has 0 spiro atoms. The Kier molecular flexibility index (Phi) is 5.58. The zero-order chi connectivity index (χ0) is 11.4. The van der Waals surface area contributed by atoms with Crippen molar-refractivity contribution >= 4 is 10.2 Å². The molecule has 0 aromatic carbocycles. The van der Waals surface area contributed by atoms with Crippen molar-refractivity contribution in [2.45, 2.75) is 26.4 Å². The van der Waals surface area contributed by atoms with Crippen LogP contribution in [0.5, 0.6) is 0 Å². The second-order valence-corrected chi connectivity index (χ2v) is 5.75. The Hall–Kier alpha value is -0.170. The maximum absolute atomic E-state index is 11.2. The molecule has 0 heterocycles. The van der Waals surface area contributed by atoms with Crippen molar-refractivity contribution in [3.63, 3.8) is 0 Å². The van der Waals surface area contributed by atoms with Gasteiger partial charge in [0.1, 0.15) is 0 Å². The van der Waals surface area contributed by atoms with Crippen LogP contribution in [-0.2, 0) is 10.2 Å². The molecule has 14 heavy (non-hydrogen) atoms. The van der Waals surface area contributed by atoms with Crippen molar-refractivity contribution in [2.75, 3.05) is 20.6 Å². The van der Waals surface area contributed by atoms with E-state index in [9.17, 15) is 13.5 Å². The first kappa shape index (κ1) is 13.8. The van der Waals surface area contributed by atoms with E-state index in [4.69, 9.17) is 0 Å². The molecule has 0 radical (unpaired) electrons. The van der Waals surface area contributed by atoms with E-state index in [0.717, 1.165) is 4.31 Å². The average molecular weight is 224 g/mol. The second kappa shape index (κ2) is 5.65. The summed E-state index contributed by atoms with van der Waals surface area (Å²) in [7, 11) is -0.428. The molecule has 86 valence electrons. The first-order valence-corrected chi connectivity index (χ1v) is 6.06. The number of hydrogen-bond acceptors (Lipinski definition) is 3. The zero-order valence-corrected chi connectivity index (χ0v) is 10.0. The molecule has 0 fully saturated rings. The standard InChI is InChI=1S/C8H20N2O3S/c1-7(2)8(11)5-6-9-14(12,13)10(3)4/h7-9,11H,5-6H2,1-4H3. The topological polar surface area (TPSA) is 69.6 Å². The van der Waals surface area contributed by atoms with E-state index < -0.39 is 16.3 Å². The van der Waals surface area contributed by atoms with Crippen LogP contribution in [-0.4, -0.2) is 44.6 Å². The predicted octanol–water partition coefficient (Wildman–Crippen LogP) is -0.211. The number of nitrogens with zero attached hydrogens (tertiary/aromatic N) is 1. The van der Waals surface area contributed by atoms with Gasteiger partial charge in [-0.1, -0.05) is 13.8 Å². The minimum absolute atomic E-state index is 0.152. The van der Waals surface area contributed by atoms with Gasteiger partial charge >= 0.3 is 0 Å². The van der Waals surface area contributed by atoms with Crippen LogP contribution in [0.1, 0.15) is 20.3 Å². The third-order valence-electron chi connectivity index (χ3n) is 1.97. The van der Waals surface area contributed by atoms with Crippen LogP contribution in [0.3, 0.4) is 0 Å². The summed E-state index contributed by atoms with van der Waals surface area (Å²) < 4.78 is 25.9. The molecule has 0 saturated carbocycles. The number of hydrogen-bond donors (Lipinski definition) is 2. The van der Waals surface area contributed by atoms with Gasteiger partial charge in [0.2, 0.25) is 0 Å². The Labute approximate surface area is 86.3 Å². The molecule has 1 atom stereocenters. The molecule has 0 saturated heterocycles. The quantitative estimate of drug-likeness (QED) is 0.656. The first-order chi connectivity index (χ1) is 6.27. The van der Waals surface area contributed by atoms with Gasteiger partial charge in [0, 0.05) is 20.6 Å².